The Morgan fingerprint density at radius 1 is 1.07 bits per heavy atom. The molecule has 2 aromatic rings. The fourth-order valence-corrected chi connectivity index (χ4v) is 4.54. The van der Waals surface area contributed by atoms with E-state index in [1.807, 2.05) is 41.2 Å². The molecule has 0 aliphatic carbocycles. The van der Waals surface area contributed by atoms with Crippen LogP contribution in [-0.4, -0.2) is 29.7 Å². The molecule has 0 radical (unpaired) electrons. The lowest BCUT2D eigenvalue weighted by molar-refractivity contribution is -0.120. The third-order valence-electron chi connectivity index (χ3n) is 5.53. The molecular formula is C22H24Cl2N4O. The average Bonchev–Trinajstić information content (AvgIpc) is 3.06. The number of rotatable bonds is 4. The first-order chi connectivity index (χ1) is 14.0. The molecule has 0 aromatic heterocycles. The number of amides is 1. The number of benzene rings is 2. The summed E-state index contributed by atoms with van der Waals surface area (Å²) in [4.78, 5) is 13.1. The number of nitrogens with zero attached hydrogens (tertiary/aromatic N) is 3. The number of carbonyl (C=O) groups is 1. The van der Waals surface area contributed by atoms with Crippen LogP contribution in [0.1, 0.15) is 37.8 Å². The van der Waals surface area contributed by atoms with Crippen molar-refractivity contribution in [2.75, 3.05) is 18.1 Å². The van der Waals surface area contributed by atoms with Gasteiger partial charge in [-0.2, -0.15) is 5.10 Å². The summed E-state index contributed by atoms with van der Waals surface area (Å²) < 4.78 is 0. The predicted octanol–water partition coefficient (Wildman–Crippen LogP) is 5.06. The van der Waals surface area contributed by atoms with Gasteiger partial charge in [0.2, 0.25) is 0 Å². The van der Waals surface area contributed by atoms with Crippen LogP contribution in [0.4, 0.5) is 5.69 Å². The average molecular weight is 431 g/mol. The van der Waals surface area contributed by atoms with Crippen molar-refractivity contribution < 1.29 is 4.79 Å². The Bertz CT molecular complexity index is 912. The smallest absolute Gasteiger partial charge is 0.282 e. The van der Waals surface area contributed by atoms with Gasteiger partial charge in [-0.1, -0.05) is 66.9 Å². The maximum atomic E-state index is 13.1. The first kappa shape index (κ1) is 20.2. The van der Waals surface area contributed by atoms with E-state index in [4.69, 9.17) is 28.3 Å². The molecule has 7 heteroatoms. The van der Waals surface area contributed by atoms with Crippen molar-refractivity contribution in [2.45, 2.75) is 32.2 Å². The Labute approximate surface area is 181 Å². The summed E-state index contributed by atoms with van der Waals surface area (Å²) in [6, 6.07) is 15.3. The zero-order valence-electron chi connectivity index (χ0n) is 16.3. The van der Waals surface area contributed by atoms with Crippen molar-refractivity contribution in [2.24, 2.45) is 11.0 Å². The van der Waals surface area contributed by atoms with Crippen LogP contribution >= 0.6 is 23.2 Å². The highest BCUT2D eigenvalue weighted by Gasteiger charge is 2.40. The number of nitrogens with one attached hydrogen (secondary N) is 1. The summed E-state index contributed by atoms with van der Waals surface area (Å²) in [5, 5.41) is 9.66. The molecule has 0 saturated carbocycles. The molecule has 2 atom stereocenters. The van der Waals surface area contributed by atoms with Gasteiger partial charge in [0.1, 0.15) is 5.71 Å². The fourth-order valence-electron chi connectivity index (χ4n) is 4.04. The fraction of sp³-hybridized carbons (Fsp3) is 0.364. The zero-order valence-corrected chi connectivity index (χ0v) is 17.8. The van der Waals surface area contributed by atoms with Crippen molar-refractivity contribution in [3.05, 3.63) is 64.1 Å². The number of hydrazine groups is 1. The van der Waals surface area contributed by atoms with Gasteiger partial charge < -0.3 is 0 Å². The molecule has 1 saturated heterocycles. The van der Waals surface area contributed by atoms with Crippen LogP contribution < -0.4 is 10.4 Å². The van der Waals surface area contributed by atoms with Gasteiger partial charge in [0.25, 0.3) is 5.91 Å². The van der Waals surface area contributed by atoms with E-state index in [9.17, 15) is 4.79 Å². The maximum Gasteiger partial charge on any atom is 0.282 e. The Kier molecular flexibility index (Phi) is 6.09. The van der Waals surface area contributed by atoms with Gasteiger partial charge in [-0.3, -0.25) is 15.2 Å². The summed E-state index contributed by atoms with van der Waals surface area (Å²) in [5.74, 6) is -0.248. The first-order valence-electron chi connectivity index (χ1n) is 9.98. The summed E-state index contributed by atoms with van der Waals surface area (Å²) in [6.07, 6.45) is 3.41. The zero-order chi connectivity index (χ0) is 20.4. The first-order valence-corrected chi connectivity index (χ1v) is 10.7. The number of hydrazone groups is 1. The topological polar surface area (TPSA) is 47.9 Å². The van der Waals surface area contributed by atoms with Crippen LogP contribution in [0.25, 0.3) is 0 Å². The minimum Gasteiger partial charge on any atom is -0.284 e. The van der Waals surface area contributed by atoms with E-state index in [0.29, 0.717) is 15.8 Å². The molecule has 0 spiro atoms. The molecule has 0 bridgehead atoms. The van der Waals surface area contributed by atoms with Crippen LogP contribution in [0.3, 0.4) is 0 Å². The number of hydrogen-bond donors (Lipinski definition) is 1. The molecule has 2 aliphatic rings. The lowest BCUT2D eigenvalue weighted by Gasteiger charge is -2.28. The van der Waals surface area contributed by atoms with Gasteiger partial charge in [0.15, 0.2) is 0 Å². The van der Waals surface area contributed by atoms with Gasteiger partial charge >= 0.3 is 0 Å². The molecule has 1 amide bonds. The molecule has 1 N–H and O–H groups in total. The van der Waals surface area contributed by atoms with Gasteiger partial charge in [0, 0.05) is 24.0 Å². The molecule has 29 heavy (non-hydrogen) atoms. The van der Waals surface area contributed by atoms with Gasteiger partial charge in [-0.15, -0.1) is 0 Å². The van der Waals surface area contributed by atoms with E-state index >= 15 is 0 Å². The Balaban J connectivity index is 1.67. The number of anilines is 1. The highest BCUT2D eigenvalue weighted by atomic mass is 35.5. The highest BCUT2D eigenvalue weighted by molar-refractivity contribution is 6.41. The summed E-state index contributed by atoms with van der Waals surface area (Å²) in [6.45, 7) is 3.79. The van der Waals surface area contributed by atoms with E-state index in [-0.39, 0.29) is 17.9 Å². The molecule has 2 heterocycles. The molecule has 2 aliphatic heterocycles. The number of halogens is 2. The largest absolute Gasteiger partial charge is 0.284 e. The summed E-state index contributed by atoms with van der Waals surface area (Å²) in [7, 11) is 0. The van der Waals surface area contributed by atoms with Crippen molar-refractivity contribution in [1.29, 1.82) is 0 Å². The van der Waals surface area contributed by atoms with E-state index in [1.54, 1.807) is 12.1 Å². The van der Waals surface area contributed by atoms with E-state index in [1.165, 1.54) is 6.42 Å². The van der Waals surface area contributed by atoms with E-state index in [0.717, 1.165) is 37.2 Å². The minimum atomic E-state index is -0.145. The lowest BCUT2D eigenvalue weighted by atomic mass is 9.91. The van der Waals surface area contributed by atoms with Crippen LogP contribution in [0.15, 0.2) is 53.6 Å². The number of hydrogen-bond acceptors (Lipinski definition) is 4. The second kappa shape index (κ2) is 8.74. The molecular weight excluding hydrogens is 407 g/mol. The lowest BCUT2D eigenvalue weighted by Crippen LogP contribution is -2.48. The van der Waals surface area contributed by atoms with Crippen molar-refractivity contribution in [1.82, 2.24) is 10.4 Å². The van der Waals surface area contributed by atoms with Crippen molar-refractivity contribution in [3.8, 4) is 0 Å². The Morgan fingerprint density at radius 2 is 1.79 bits per heavy atom. The molecule has 2 aromatic carbocycles. The van der Waals surface area contributed by atoms with Gasteiger partial charge in [-0.25, -0.2) is 5.01 Å². The van der Waals surface area contributed by atoms with E-state index in [2.05, 4.69) is 17.6 Å². The molecule has 152 valence electrons. The number of piperidine rings is 1. The minimum absolute atomic E-state index is 0.103. The SMILES string of the molecule is C[C@@H]1C(C(=O)NN2CCCCC2)=NN(c2ccc(Cl)cc2Cl)[C@@H]1c1ccccc1. The van der Waals surface area contributed by atoms with Crippen LogP contribution in [0.2, 0.25) is 10.0 Å². The number of carbonyl (C=O) groups excluding carboxylic acids is 1. The maximum absolute atomic E-state index is 13.1. The van der Waals surface area contributed by atoms with Crippen LogP contribution in [0, 0.1) is 5.92 Å². The quantitative estimate of drug-likeness (QED) is 0.736. The summed E-state index contributed by atoms with van der Waals surface area (Å²) in [5.41, 5.74) is 5.36. The van der Waals surface area contributed by atoms with Crippen LogP contribution in [0.5, 0.6) is 0 Å². The summed E-state index contributed by atoms with van der Waals surface area (Å²) >= 11 is 12.6. The standard InChI is InChI=1S/C22H24Cl2N4O/c1-15-20(22(29)26-27-12-6-3-7-13-27)25-28(19-11-10-17(23)14-18(19)24)21(15)16-8-4-2-5-9-16/h2,4-5,8-11,14-15,21H,3,6-7,12-13H2,1H3,(H,26,29)/t15-,21+/m1/s1. The van der Waals surface area contributed by atoms with Crippen molar-refractivity contribution in [3.63, 3.8) is 0 Å². The third-order valence-corrected chi connectivity index (χ3v) is 6.07. The second-order valence-electron chi connectivity index (χ2n) is 7.56. The van der Waals surface area contributed by atoms with Crippen LogP contribution in [-0.2, 0) is 4.79 Å². The normalized spacial score (nSPS) is 22.4. The van der Waals surface area contributed by atoms with E-state index < -0.39 is 0 Å². The Hall–Kier alpha value is -2.08. The third kappa shape index (κ3) is 4.27. The monoisotopic (exact) mass is 430 g/mol. The molecule has 5 nitrogen and oxygen atoms in total. The second-order valence-corrected chi connectivity index (χ2v) is 8.40. The highest BCUT2D eigenvalue weighted by Crippen LogP contribution is 2.42. The van der Waals surface area contributed by atoms with Crippen molar-refractivity contribution >= 4 is 40.5 Å². The molecule has 1 fully saturated rings. The predicted molar refractivity (Wildman–Crippen MR) is 118 cm³/mol. The molecule has 0 unspecified atom stereocenters. The Morgan fingerprint density at radius 3 is 2.48 bits per heavy atom. The van der Waals surface area contributed by atoms with Gasteiger partial charge in [0.05, 0.1) is 16.8 Å². The van der Waals surface area contributed by atoms with Gasteiger partial charge in [-0.05, 0) is 36.6 Å². The molecule has 4 rings (SSSR count).